The maximum Gasteiger partial charge on any atom is 0.319 e. The lowest BCUT2D eigenvalue weighted by molar-refractivity contribution is -0.135. The van der Waals surface area contributed by atoms with Crippen molar-refractivity contribution in [3.05, 3.63) is 0 Å². The molecule has 0 radical (unpaired) electrons. The number of hydrogen-bond acceptors (Lipinski definition) is 3. The molecule has 3 amide bonds. The van der Waals surface area contributed by atoms with Crippen LogP contribution in [-0.2, 0) is 4.79 Å². The Morgan fingerprint density at radius 1 is 1.16 bits per heavy atom. The fourth-order valence-electron chi connectivity index (χ4n) is 2.11. The highest BCUT2D eigenvalue weighted by atomic mass is 16.2. The molecule has 1 heterocycles. The Labute approximate surface area is 115 Å². The molecule has 6 nitrogen and oxygen atoms in total. The summed E-state index contributed by atoms with van der Waals surface area (Å²) in [4.78, 5) is 29.1. The quantitative estimate of drug-likeness (QED) is 0.795. The zero-order chi connectivity index (χ0) is 14.6. The van der Waals surface area contributed by atoms with Gasteiger partial charge >= 0.3 is 6.03 Å². The molecule has 0 aromatic rings. The highest BCUT2D eigenvalue weighted by molar-refractivity contribution is 5.82. The lowest BCUT2D eigenvalue weighted by atomic mass is 9.98. The van der Waals surface area contributed by atoms with Crippen molar-refractivity contribution in [3.8, 4) is 0 Å². The van der Waals surface area contributed by atoms with Crippen molar-refractivity contribution >= 4 is 11.9 Å². The van der Waals surface area contributed by atoms with Gasteiger partial charge in [0.15, 0.2) is 0 Å². The third kappa shape index (κ3) is 3.83. The summed E-state index contributed by atoms with van der Waals surface area (Å²) < 4.78 is 0. The fraction of sp³-hybridized carbons (Fsp3) is 0.846. The van der Waals surface area contributed by atoms with E-state index in [1.54, 1.807) is 28.8 Å². The summed E-state index contributed by atoms with van der Waals surface area (Å²) in [6, 6.07) is -0.431. The average molecular weight is 270 g/mol. The zero-order valence-electron chi connectivity index (χ0n) is 12.4. The first-order valence-corrected chi connectivity index (χ1v) is 6.89. The highest BCUT2D eigenvalue weighted by Gasteiger charge is 2.29. The Hall–Kier alpha value is -1.30. The molecule has 19 heavy (non-hydrogen) atoms. The number of nitrogens with zero attached hydrogens (tertiary/aromatic N) is 3. The SMILES string of the molecule is CCC(C)[C@H](N)C(=O)N1CCN(C(=O)N(C)C)CC1. The van der Waals surface area contributed by atoms with Crippen molar-refractivity contribution in [1.82, 2.24) is 14.7 Å². The van der Waals surface area contributed by atoms with Crippen molar-refractivity contribution in [2.75, 3.05) is 40.3 Å². The van der Waals surface area contributed by atoms with Crippen LogP contribution in [0, 0.1) is 5.92 Å². The molecule has 1 saturated heterocycles. The van der Waals surface area contributed by atoms with Gasteiger partial charge in [-0.15, -0.1) is 0 Å². The minimum atomic E-state index is -0.430. The van der Waals surface area contributed by atoms with Crippen molar-refractivity contribution in [3.63, 3.8) is 0 Å². The second-order valence-electron chi connectivity index (χ2n) is 5.40. The molecule has 1 unspecified atom stereocenters. The van der Waals surface area contributed by atoms with Crippen LogP contribution in [0.3, 0.4) is 0 Å². The van der Waals surface area contributed by atoms with Gasteiger partial charge in [-0.2, -0.15) is 0 Å². The molecule has 6 heteroatoms. The number of urea groups is 1. The van der Waals surface area contributed by atoms with E-state index < -0.39 is 6.04 Å². The second-order valence-corrected chi connectivity index (χ2v) is 5.40. The summed E-state index contributed by atoms with van der Waals surface area (Å²) in [6.07, 6.45) is 0.895. The molecule has 0 bridgehead atoms. The standard InChI is InChI=1S/C13H26N4O2/c1-5-10(2)11(14)12(18)16-6-8-17(9-7-16)13(19)15(3)4/h10-11H,5-9,14H2,1-4H3/t10?,11-/m0/s1. The van der Waals surface area contributed by atoms with Crippen molar-refractivity contribution in [2.45, 2.75) is 26.3 Å². The van der Waals surface area contributed by atoms with Crippen molar-refractivity contribution < 1.29 is 9.59 Å². The number of carbonyl (C=O) groups is 2. The van der Waals surface area contributed by atoms with E-state index >= 15 is 0 Å². The molecule has 2 atom stereocenters. The molecule has 2 N–H and O–H groups in total. The van der Waals surface area contributed by atoms with Crippen LogP contribution in [0.1, 0.15) is 20.3 Å². The first kappa shape index (κ1) is 15.8. The van der Waals surface area contributed by atoms with E-state index in [4.69, 9.17) is 5.73 Å². The number of carbonyl (C=O) groups excluding carboxylic acids is 2. The molecule has 1 aliphatic heterocycles. The first-order chi connectivity index (χ1) is 8.88. The molecule has 1 rings (SSSR count). The first-order valence-electron chi connectivity index (χ1n) is 6.89. The molecule has 0 aliphatic carbocycles. The Bertz CT molecular complexity index is 325. The van der Waals surface area contributed by atoms with E-state index in [2.05, 4.69) is 0 Å². The van der Waals surface area contributed by atoms with Gasteiger partial charge < -0.3 is 20.4 Å². The Morgan fingerprint density at radius 3 is 2.05 bits per heavy atom. The summed E-state index contributed by atoms with van der Waals surface area (Å²) in [5.74, 6) is 0.195. The second kappa shape index (κ2) is 6.75. The molecular formula is C13H26N4O2. The molecule has 0 saturated carbocycles. The topological polar surface area (TPSA) is 69.9 Å². The van der Waals surface area contributed by atoms with Crippen LogP contribution >= 0.6 is 0 Å². The van der Waals surface area contributed by atoms with Crippen LogP contribution in [0.2, 0.25) is 0 Å². The summed E-state index contributed by atoms with van der Waals surface area (Å²) in [6.45, 7) is 6.33. The monoisotopic (exact) mass is 270 g/mol. The smallest absolute Gasteiger partial charge is 0.319 e. The van der Waals surface area contributed by atoms with E-state index in [1.165, 1.54) is 0 Å². The highest BCUT2D eigenvalue weighted by Crippen LogP contribution is 2.11. The summed E-state index contributed by atoms with van der Waals surface area (Å²) in [5, 5.41) is 0. The van der Waals surface area contributed by atoms with E-state index in [0.717, 1.165) is 6.42 Å². The van der Waals surface area contributed by atoms with Crippen LogP contribution in [-0.4, -0.2) is 73.0 Å². The lowest BCUT2D eigenvalue weighted by Gasteiger charge is -2.37. The van der Waals surface area contributed by atoms with Crippen molar-refractivity contribution in [1.29, 1.82) is 0 Å². The number of nitrogens with two attached hydrogens (primary N) is 1. The van der Waals surface area contributed by atoms with E-state index in [1.807, 2.05) is 13.8 Å². The van der Waals surface area contributed by atoms with Gasteiger partial charge in [-0.1, -0.05) is 20.3 Å². The Balaban J connectivity index is 2.50. The van der Waals surface area contributed by atoms with Crippen LogP contribution in [0.4, 0.5) is 4.79 Å². The molecular weight excluding hydrogens is 244 g/mol. The summed E-state index contributed by atoms with van der Waals surface area (Å²) in [5.41, 5.74) is 5.96. The predicted molar refractivity (Wildman–Crippen MR) is 74.7 cm³/mol. The van der Waals surface area contributed by atoms with Gasteiger partial charge in [-0.05, 0) is 5.92 Å². The van der Waals surface area contributed by atoms with Crippen molar-refractivity contribution in [2.24, 2.45) is 11.7 Å². The van der Waals surface area contributed by atoms with Crippen LogP contribution in [0.15, 0.2) is 0 Å². The fourth-order valence-corrected chi connectivity index (χ4v) is 2.11. The minimum Gasteiger partial charge on any atom is -0.338 e. The van der Waals surface area contributed by atoms with Gasteiger partial charge in [0.05, 0.1) is 6.04 Å². The molecule has 0 spiro atoms. The predicted octanol–water partition coefficient (Wildman–Crippen LogP) is 0.186. The van der Waals surface area contributed by atoms with Crippen LogP contribution in [0.5, 0.6) is 0 Å². The third-order valence-corrected chi connectivity index (χ3v) is 3.79. The van der Waals surface area contributed by atoms with Gasteiger partial charge in [0, 0.05) is 40.3 Å². The summed E-state index contributed by atoms with van der Waals surface area (Å²) >= 11 is 0. The molecule has 0 aromatic carbocycles. The maximum atomic E-state index is 12.2. The van der Waals surface area contributed by atoms with E-state index in [-0.39, 0.29) is 17.9 Å². The lowest BCUT2D eigenvalue weighted by Crippen LogP contribution is -2.56. The normalized spacial score (nSPS) is 19.0. The van der Waals surface area contributed by atoms with Gasteiger partial charge in [0.1, 0.15) is 0 Å². The summed E-state index contributed by atoms with van der Waals surface area (Å²) in [7, 11) is 3.47. The number of hydrogen-bond donors (Lipinski definition) is 1. The largest absolute Gasteiger partial charge is 0.338 e. The molecule has 0 aromatic heterocycles. The van der Waals surface area contributed by atoms with Gasteiger partial charge in [-0.25, -0.2) is 4.79 Å². The molecule has 1 fully saturated rings. The van der Waals surface area contributed by atoms with Crippen LogP contribution < -0.4 is 5.73 Å². The molecule has 1 aliphatic rings. The Kier molecular flexibility index (Phi) is 5.60. The zero-order valence-corrected chi connectivity index (χ0v) is 12.4. The maximum absolute atomic E-state index is 12.2. The van der Waals surface area contributed by atoms with Gasteiger partial charge in [0.25, 0.3) is 0 Å². The van der Waals surface area contributed by atoms with E-state index in [9.17, 15) is 9.59 Å². The minimum absolute atomic E-state index is 0.00155. The average Bonchev–Trinajstić information content (AvgIpc) is 2.44. The third-order valence-electron chi connectivity index (χ3n) is 3.79. The number of amides is 3. The molecule has 110 valence electrons. The van der Waals surface area contributed by atoms with Crippen LogP contribution in [0.25, 0.3) is 0 Å². The van der Waals surface area contributed by atoms with Gasteiger partial charge in [-0.3, -0.25) is 4.79 Å². The number of rotatable bonds is 3. The van der Waals surface area contributed by atoms with E-state index in [0.29, 0.717) is 26.2 Å². The number of piperazine rings is 1. The van der Waals surface area contributed by atoms with Gasteiger partial charge in [0.2, 0.25) is 5.91 Å². The Morgan fingerprint density at radius 2 is 1.63 bits per heavy atom.